The van der Waals surface area contributed by atoms with Crippen LogP contribution in [0.15, 0.2) is 48.7 Å². The molecule has 1 aliphatic heterocycles. The number of pyridine rings is 1. The summed E-state index contributed by atoms with van der Waals surface area (Å²) in [4.78, 5) is 8.78. The fourth-order valence-electron chi connectivity index (χ4n) is 3.98. The molecule has 0 aliphatic carbocycles. The van der Waals surface area contributed by atoms with Crippen LogP contribution in [-0.4, -0.2) is 56.3 Å². The molecule has 3 heterocycles. The number of halogens is 3. The average Bonchev–Trinajstić information content (AvgIpc) is 3.25. The lowest BCUT2D eigenvalue weighted by atomic mass is 10.1. The molecule has 1 aromatic carbocycles. The molecule has 1 fully saturated rings. The van der Waals surface area contributed by atoms with Crippen molar-refractivity contribution >= 4 is 5.69 Å². The Kier molecular flexibility index (Phi) is 5.89. The van der Waals surface area contributed by atoms with E-state index >= 15 is 0 Å². The number of hydrogen-bond acceptors (Lipinski definition) is 6. The lowest BCUT2D eigenvalue weighted by molar-refractivity contribution is -0.137. The molecule has 1 atom stereocenters. The van der Waals surface area contributed by atoms with Crippen LogP contribution >= 0.6 is 0 Å². The summed E-state index contributed by atoms with van der Waals surface area (Å²) in [6, 6.07) is 11.0. The molecule has 0 amide bonds. The summed E-state index contributed by atoms with van der Waals surface area (Å²) < 4.78 is 41.2. The molecule has 0 saturated carbocycles. The van der Waals surface area contributed by atoms with Crippen molar-refractivity contribution in [3.63, 3.8) is 0 Å². The number of alkyl halides is 3. The van der Waals surface area contributed by atoms with Gasteiger partial charge in [-0.25, -0.2) is 4.68 Å². The van der Waals surface area contributed by atoms with Gasteiger partial charge in [0.25, 0.3) is 0 Å². The highest BCUT2D eigenvalue weighted by Crippen LogP contribution is 2.33. The Hall–Kier alpha value is -3.01. The van der Waals surface area contributed by atoms with E-state index in [0.29, 0.717) is 37.7 Å². The van der Waals surface area contributed by atoms with E-state index in [9.17, 15) is 13.2 Å². The van der Waals surface area contributed by atoms with Crippen molar-refractivity contribution in [3.05, 3.63) is 65.7 Å². The molecule has 0 bridgehead atoms. The highest BCUT2D eigenvalue weighted by atomic mass is 19.4. The Labute approximate surface area is 184 Å². The molecule has 0 spiro atoms. The molecule has 7 nitrogen and oxygen atoms in total. The van der Waals surface area contributed by atoms with Crippen molar-refractivity contribution in [3.8, 4) is 0 Å². The zero-order chi connectivity index (χ0) is 22.9. The van der Waals surface area contributed by atoms with E-state index in [0.717, 1.165) is 11.8 Å². The summed E-state index contributed by atoms with van der Waals surface area (Å²) >= 11 is 0. The minimum atomic E-state index is -4.36. The smallest absolute Gasteiger partial charge is 0.369 e. The summed E-state index contributed by atoms with van der Waals surface area (Å²) in [7, 11) is 0. The third-order valence-electron chi connectivity index (χ3n) is 5.56. The highest BCUT2D eigenvalue weighted by Gasteiger charge is 2.35. The van der Waals surface area contributed by atoms with Gasteiger partial charge in [0.05, 0.1) is 16.8 Å². The third-order valence-corrected chi connectivity index (χ3v) is 5.56. The van der Waals surface area contributed by atoms with Crippen LogP contribution in [0.4, 0.5) is 18.9 Å². The molecule has 32 heavy (non-hydrogen) atoms. The number of hydrogen-bond donors (Lipinski definition) is 0. The Morgan fingerprint density at radius 1 is 0.938 bits per heavy atom. The number of benzene rings is 1. The van der Waals surface area contributed by atoms with Crippen LogP contribution in [0.2, 0.25) is 0 Å². The van der Waals surface area contributed by atoms with Gasteiger partial charge in [0.15, 0.2) is 5.82 Å². The first-order valence-corrected chi connectivity index (χ1v) is 10.5. The molecule has 0 radical (unpaired) electrons. The van der Waals surface area contributed by atoms with Crippen LogP contribution < -0.4 is 4.90 Å². The van der Waals surface area contributed by atoms with Gasteiger partial charge in [0.2, 0.25) is 0 Å². The molecule has 4 rings (SSSR count). The summed E-state index contributed by atoms with van der Waals surface area (Å²) in [5.74, 6) is 0.698. The van der Waals surface area contributed by atoms with Crippen LogP contribution in [0.1, 0.15) is 43.9 Å². The predicted octanol–water partition coefficient (Wildman–Crippen LogP) is 3.75. The normalized spacial score (nSPS) is 16.9. The Morgan fingerprint density at radius 2 is 1.69 bits per heavy atom. The van der Waals surface area contributed by atoms with Crippen LogP contribution in [0.5, 0.6) is 0 Å². The summed E-state index contributed by atoms with van der Waals surface area (Å²) in [5.41, 5.74) is 0.466. The molecule has 10 heteroatoms. The van der Waals surface area contributed by atoms with Crippen molar-refractivity contribution in [1.82, 2.24) is 30.1 Å². The van der Waals surface area contributed by atoms with Gasteiger partial charge in [-0.1, -0.05) is 12.1 Å². The van der Waals surface area contributed by atoms with E-state index in [4.69, 9.17) is 0 Å². The quantitative estimate of drug-likeness (QED) is 0.610. The maximum absolute atomic E-state index is 13.1. The first-order chi connectivity index (χ1) is 15.1. The van der Waals surface area contributed by atoms with Crippen molar-refractivity contribution in [2.75, 3.05) is 31.1 Å². The van der Waals surface area contributed by atoms with E-state index in [2.05, 4.69) is 25.4 Å². The number of rotatable bonds is 4. The van der Waals surface area contributed by atoms with Gasteiger partial charge < -0.3 is 4.90 Å². The topological polar surface area (TPSA) is 63.0 Å². The van der Waals surface area contributed by atoms with E-state index in [1.807, 2.05) is 48.6 Å². The van der Waals surface area contributed by atoms with Gasteiger partial charge in [-0.15, -0.1) is 5.10 Å². The number of anilines is 1. The predicted molar refractivity (Wildman–Crippen MR) is 114 cm³/mol. The largest absolute Gasteiger partial charge is 0.416 e. The molecule has 1 saturated heterocycles. The molecule has 170 valence electrons. The third kappa shape index (κ3) is 4.59. The summed E-state index contributed by atoms with van der Waals surface area (Å²) in [6.45, 7) is 8.54. The van der Waals surface area contributed by atoms with Crippen LogP contribution in [-0.2, 0) is 11.7 Å². The first kappa shape index (κ1) is 22.2. The van der Waals surface area contributed by atoms with E-state index < -0.39 is 11.7 Å². The van der Waals surface area contributed by atoms with Gasteiger partial charge in [-0.3, -0.25) is 9.88 Å². The first-order valence-electron chi connectivity index (χ1n) is 10.5. The fourth-order valence-corrected chi connectivity index (χ4v) is 3.98. The van der Waals surface area contributed by atoms with Gasteiger partial charge in [0.1, 0.15) is 6.04 Å². The minimum Gasteiger partial charge on any atom is -0.369 e. The molecule has 0 N–H and O–H groups in total. The number of nitrogens with zero attached hydrogens (tertiary/aromatic N) is 7. The van der Waals surface area contributed by atoms with Crippen molar-refractivity contribution in [2.24, 2.45) is 0 Å². The fraction of sp³-hybridized carbons (Fsp3) is 0.455. The molecule has 1 aliphatic rings. The summed E-state index contributed by atoms with van der Waals surface area (Å²) in [6.07, 6.45) is -2.61. The van der Waals surface area contributed by atoms with E-state index in [1.54, 1.807) is 12.3 Å². The maximum Gasteiger partial charge on any atom is 0.416 e. The SMILES string of the molecule is CC(C)(C)n1nnnc1C(c1ccccn1)N1CCN(c2cccc(C(F)(F)F)c2)CC1. The van der Waals surface area contributed by atoms with Crippen molar-refractivity contribution in [1.29, 1.82) is 0 Å². The second-order valence-electron chi connectivity index (χ2n) is 8.85. The lowest BCUT2D eigenvalue weighted by Gasteiger charge is -2.40. The Morgan fingerprint density at radius 3 is 2.31 bits per heavy atom. The van der Waals surface area contributed by atoms with Crippen LogP contribution in [0.3, 0.4) is 0 Å². The van der Waals surface area contributed by atoms with Gasteiger partial charge in [-0.05, 0) is 61.5 Å². The number of aromatic nitrogens is 5. The van der Waals surface area contributed by atoms with Crippen molar-refractivity contribution < 1.29 is 13.2 Å². The Balaban J connectivity index is 1.59. The van der Waals surface area contributed by atoms with Crippen LogP contribution in [0.25, 0.3) is 0 Å². The highest BCUT2D eigenvalue weighted by molar-refractivity contribution is 5.49. The second kappa shape index (κ2) is 8.50. The second-order valence-corrected chi connectivity index (χ2v) is 8.85. The molecule has 1 unspecified atom stereocenters. The maximum atomic E-state index is 13.1. The molecular weight excluding hydrogens is 419 g/mol. The van der Waals surface area contributed by atoms with Gasteiger partial charge in [-0.2, -0.15) is 13.2 Å². The number of tetrazole rings is 1. The standard InChI is InChI=1S/C22H26F3N7/c1-21(2,3)32-20(27-28-29-32)19(18-9-4-5-10-26-18)31-13-11-30(12-14-31)17-8-6-7-16(15-17)22(23,24)25/h4-10,15,19H,11-14H2,1-3H3. The zero-order valence-electron chi connectivity index (χ0n) is 18.3. The number of piperazine rings is 1. The van der Waals surface area contributed by atoms with E-state index in [1.165, 1.54) is 12.1 Å². The average molecular weight is 445 g/mol. The van der Waals surface area contributed by atoms with Crippen LogP contribution in [0, 0.1) is 0 Å². The molecule has 2 aromatic heterocycles. The molecular formula is C22H26F3N7. The minimum absolute atomic E-state index is 0.255. The Bertz CT molecular complexity index is 1040. The van der Waals surface area contributed by atoms with Gasteiger partial charge >= 0.3 is 6.18 Å². The van der Waals surface area contributed by atoms with E-state index in [-0.39, 0.29) is 11.6 Å². The summed E-state index contributed by atoms with van der Waals surface area (Å²) in [5, 5.41) is 12.5. The zero-order valence-corrected chi connectivity index (χ0v) is 18.3. The molecule has 3 aromatic rings. The monoisotopic (exact) mass is 445 g/mol. The van der Waals surface area contributed by atoms with Gasteiger partial charge in [0, 0.05) is 38.1 Å². The van der Waals surface area contributed by atoms with Crippen molar-refractivity contribution in [2.45, 2.75) is 38.5 Å². The lowest BCUT2D eigenvalue weighted by Crippen LogP contribution is -2.49.